The van der Waals surface area contributed by atoms with Crippen LogP contribution in [0.4, 0.5) is 0 Å². The van der Waals surface area contributed by atoms with Crippen LogP contribution in [0.5, 0.6) is 0 Å². The third kappa shape index (κ3) is 2.94. The second-order valence-corrected chi connectivity index (χ2v) is 7.60. The number of Topliss-reactive ketones (excluding diaryl/α,β-unsaturated/α-hetero) is 1. The van der Waals surface area contributed by atoms with E-state index in [0.29, 0.717) is 12.2 Å². The third-order valence-corrected chi connectivity index (χ3v) is 5.08. The maximum atomic E-state index is 12.4. The van der Waals surface area contributed by atoms with Crippen LogP contribution in [0.3, 0.4) is 0 Å². The number of nitrogens with zero attached hydrogens (tertiary/aromatic N) is 2. The first kappa shape index (κ1) is 14.8. The van der Waals surface area contributed by atoms with E-state index in [0.717, 1.165) is 37.7 Å². The first-order chi connectivity index (χ1) is 9.91. The van der Waals surface area contributed by atoms with Crippen molar-refractivity contribution in [3.8, 4) is 0 Å². The van der Waals surface area contributed by atoms with Gasteiger partial charge in [0.05, 0.1) is 0 Å². The number of likely N-dealkylation sites (N-methyl/N-ethyl adjacent to an activating group) is 1. The molecule has 0 saturated heterocycles. The number of carbonyl (C=O) groups excluding carboxylic acids is 1. The monoisotopic (exact) mass is 288 g/mol. The van der Waals surface area contributed by atoms with Gasteiger partial charge in [0.15, 0.2) is 5.78 Å². The Morgan fingerprint density at radius 1 is 1.33 bits per heavy atom. The fourth-order valence-corrected chi connectivity index (χ4v) is 3.78. The molecule has 116 valence electrons. The molecule has 1 heterocycles. The predicted octanol–water partition coefficient (Wildman–Crippen LogP) is 3.44. The molecule has 21 heavy (non-hydrogen) atoms. The van der Waals surface area contributed by atoms with Gasteiger partial charge < -0.3 is 4.57 Å². The summed E-state index contributed by atoms with van der Waals surface area (Å²) in [5, 5.41) is 0. The molecule has 1 saturated carbocycles. The van der Waals surface area contributed by atoms with Crippen LogP contribution in [0, 0.1) is 12.3 Å². The fraction of sp³-hybridized carbons (Fsp3) is 0.722. The maximum Gasteiger partial charge on any atom is 0.165 e. The van der Waals surface area contributed by atoms with Crippen LogP contribution in [-0.2, 0) is 13.0 Å². The summed E-state index contributed by atoms with van der Waals surface area (Å²) in [6.45, 7) is 12.1. The molecular formula is C18H28N2O. The quantitative estimate of drug-likeness (QED) is 0.829. The SMILES string of the molecule is CCN(CCn1c(C)cc2c1CC(C)(C)CC2=O)C1CC1. The first-order valence-corrected chi connectivity index (χ1v) is 8.37. The van der Waals surface area contributed by atoms with E-state index in [2.05, 4.69) is 43.2 Å². The van der Waals surface area contributed by atoms with Crippen molar-refractivity contribution in [2.75, 3.05) is 13.1 Å². The summed E-state index contributed by atoms with van der Waals surface area (Å²) in [4.78, 5) is 14.9. The summed E-state index contributed by atoms with van der Waals surface area (Å²) in [5.74, 6) is 0.331. The highest BCUT2D eigenvalue weighted by molar-refractivity contribution is 5.99. The lowest BCUT2D eigenvalue weighted by Crippen LogP contribution is -2.32. The topological polar surface area (TPSA) is 25.2 Å². The number of carbonyl (C=O) groups is 1. The van der Waals surface area contributed by atoms with E-state index in [1.54, 1.807) is 0 Å². The summed E-state index contributed by atoms with van der Waals surface area (Å²) in [7, 11) is 0. The summed E-state index contributed by atoms with van der Waals surface area (Å²) in [6, 6.07) is 2.93. The van der Waals surface area contributed by atoms with Gasteiger partial charge in [0.2, 0.25) is 0 Å². The van der Waals surface area contributed by atoms with Crippen molar-refractivity contribution in [1.82, 2.24) is 9.47 Å². The van der Waals surface area contributed by atoms with Gasteiger partial charge in [-0.3, -0.25) is 9.69 Å². The van der Waals surface area contributed by atoms with Gasteiger partial charge in [-0.25, -0.2) is 0 Å². The highest BCUT2D eigenvalue weighted by atomic mass is 16.1. The molecule has 0 atom stereocenters. The predicted molar refractivity (Wildman–Crippen MR) is 85.9 cm³/mol. The number of ketones is 1. The second-order valence-electron chi connectivity index (χ2n) is 7.60. The molecule has 0 aromatic carbocycles. The van der Waals surface area contributed by atoms with Crippen molar-refractivity contribution < 1.29 is 4.79 Å². The number of aryl methyl sites for hydroxylation is 1. The van der Waals surface area contributed by atoms with Crippen LogP contribution in [0.2, 0.25) is 0 Å². The Morgan fingerprint density at radius 3 is 2.67 bits per heavy atom. The Bertz CT molecular complexity index is 552. The molecule has 0 amide bonds. The zero-order valence-corrected chi connectivity index (χ0v) is 13.9. The van der Waals surface area contributed by atoms with E-state index in [1.807, 2.05) is 0 Å². The highest BCUT2D eigenvalue weighted by Crippen LogP contribution is 2.36. The molecule has 0 radical (unpaired) electrons. The Morgan fingerprint density at radius 2 is 2.05 bits per heavy atom. The molecule has 0 spiro atoms. The van der Waals surface area contributed by atoms with Gasteiger partial charge in [-0.2, -0.15) is 0 Å². The largest absolute Gasteiger partial charge is 0.347 e. The normalized spacial score (nSPS) is 20.9. The van der Waals surface area contributed by atoms with Crippen LogP contribution < -0.4 is 0 Å². The molecule has 3 rings (SSSR count). The van der Waals surface area contributed by atoms with E-state index < -0.39 is 0 Å². The zero-order valence-electron chi connectivity index (χ0n) is 13.9. The molecule has 3 nitrogen and oxygen atoms in total. The molecular weight excluding hydrogens is 260 g/mol. The van der Waals surface area contributed by atoms with Crippen molar-refractivity contribution in [1.29, 1.82) is 0 Å². The lowest BCUT2D eigenvalue weighted by molar-refractivity contribution is 0.0909. The molecule has 0 aliphatic heterocycles. The van der Waals surface area contributed by atoms with Crippen molar-refractivity contribution in [2.24, 2.45) is 5.41 Å². The van der Waals surface area contributed by atoms with Crippen molar-refractivity contribution >= 4 is 5.78 Å². The van der Waals surface area contributed by atoms with E-state index in [1.165, 1.54) is 24.2 Å². The van der Waals surface area contributed by atoms with E-state index in [-0.39, 0.29) is 5.41 Å². The molecule has 0 N–H and O–H groups in total. The Labute approximate surface area is 128 Å². The van der Waals surface area contributed by atoms with Gasteiger partial charge in [0, 0.05) is 42.5 Å². The molecule has 1 aromatic rings. The summed E-state index contributed by atoms with van der Waals surface area (Å²) in [6.07, 6.45) is 4.44. The summed E-state index contributed by atoms with van der Waals surface area (Å²) in [5.41, 5.74) is 3.62. The van der Waals surface area contributed by atoms with Gasteiger partial charge in [-0.1, -0.05) is 20.8 Å². The highest BCUT2D eigenvalue weighted by Gasteiger charge is 2.34. The van der Waals surface area contributed by atoms with E-state index in [9.17, 15) is 4.79 Å². The number of hydrogen-bond donors (Lipinski definition) is 0. The zero-order chi connectivity index (χ0) is 15.2. The minimum absolute atomic E-state index is 0.105. The summed E-state index contributed by atoms with van der Waals surface area (Å²) < 4.78 is 2.40. The first-order valence-electron chi connectivity index (χ1n) is 8.37. The molecule has 2 aliphatic carbocycles. The number of aromatic nitrogens is 1. The lowest BCUT2D eigenvalue weighted by atomic mass is 9.76. The third-order valence-electron chi connectivity index (χ3n) is 5.08. The number of hydrogen-bond acceptors (Lipinski definition) is 2. The smallest absolute Gasteiger partial charge is 0.165 e. The molecule has 0 bridgehead atoms. The maximum absolute atomic E-state index is 12.4. The molecule has 0 unspecified atom stereocenters. The standard InChI is InChI=1S/C18H28N2O/c1-5-19(14-6-7-14)8-9-20-13(2)10-15-16(20)11-18(3,4)12-17(15)21/h10,14H,5-9,11-12H2,1-4H3. The van der Waals surface area contributed by atoms with Crippen LogP contribution >= 0.6 is 0 Å². The van der Waals surface area contributed by atoms with Gasteiger partial charge in [0.25, 0.3) is 0 Å². The summed E-state index contributed by atoms with van der Waals surface area (Å²) >= 11 is 0. The Kier molecular flexibility index (Phi) is 3.73. The van der Waals surface area contributed by atoms with Crippen molar-refractivity contribution in [3.63, 3.8) is 0 Å². The average Bonchev–Trinajstić information content (AvgIpc) is 3.17. The van der Waals surface area contributed by atoms with Gasteiger partial charge in [-0.15, -0.1) is 0 Å². The molecule has 1 fully saturated rings. The van der Waals surface area contributed by atoms with E-state index >= 15 is 0 Å². The number of rotatable bonds is 5. The van der Waals surface area contributed by atoms with Crippen LogP contribution in [-0.4, -0.2) is 34.4 Å². The minimum atomic E-state index is 0.105. The average molecular weight is 288 g/mol. The molecule has 3 heteroatoms. The van der Waals surface area contributed by atoms with Crippen molar-refractivity contribution in [3.05, 3.63) is 23.0 Å². The van der Waals surface area contributed by atoms with Crippen molar-refractivity contribution in [2.45, 2.75) is 66.0 Å². The van der Waals surface area contributed by atoms with Crippen LogP contribution in [0.25, 0.3) is 0 Å². The Balaban J connectivity index is 1.81. The van der Waals surface area contributed by atoms with Gasteiger partial charge in [0.1, 0.15) is 0 Å². The Hall–Kier alpha value is -1.09. The fourth-order valence-electron chi connectivity index (χ4n) is 3.78. The van der Waals surface area contributed by atoms with E-state index in [4.69, 9.17) is 0 Å². The van der Waals surface area contributed by atoms with Gasteiger partial charge >= 0.3 is 0 Å². The molecule has 2 aliphatic rings. The number of fused-ring (bicyclic) bond motifs is 1. The second kappa shape index (κ2) is 5.28. The van der Waals surface area contributed by atoms with Crippen LogP contribution in [0.1, 0.15) is 61.8 Å². The minimum Gasteiger partial charge on any atom is -0.347 e. The van der Waals surface area contributed by atoms with Crippen LogP contribution in [0.15, 0.2) is 6.07 Å². The lowest BCUT2D eigenvalue weighted by Gasteiger charge is -2.30. The molecule has 1 aromatic heterocycles. The van der Waals surface area contributed by atoms with Gasteiger partial charge in [-0.05, 0) is 44.2 Å².